The van der Waals surface area contributed by atoms with E-state index in [2.05, 4.69) is 128 Å². The van der Waals surface area contributed by atoms with Crippen molar-refractivity contribution in [1.29, 1.82) is 0 Å². The zero-order valence-corrected chi connectivity index (χ0v) is 28.1. The maximum Gasteiger partial charge on any atom is 0.167 e. The third kappa shape index (κ3) is 8.00. The number of hydrogen-bond acceptors (Lipinski definition) is 3. The number of carbonyl (C=O) groups is 2. The van der Waals surface area contributed by atoms with Crippen LogP contribution in [0.2, 0.25) is 0 Å². The van der Waals surface area contributed by atoms with Gasteiger partial charge in [0.15, 0.2) is 17.2 Å². The summed E-state index contributed by atoms with van der Waals surface area (Å²) in [7, 11) is 0. The third-order valence-electron chi connectivity index (χ3n) is 9.43. The van der Waals surface area contributed by atoms with Gasteiger partial charge in [0, 0.05) is 18.3 Å². The molecule has 2 aliphatic carbocycles. The van der Waals surface area contributed by atoms with Gasteiger partial charge in [-0.1, -0.05) is 129 Å². The lowest BCUT2D eigenvalue weighted by Gasteiger charge is -2.35. The maximum absolute atomic E-state index is 12.4. The lowest BCUT2D eigenvalue weighted by atomic mass is 9.63. The Morgan fingerprint density at radius 1 is 0.674 bits per heavy atom. The summed E-state index contributed by atoms with van der Waals surface area (Å²) in [6.07, 6.45) is 32.2. The van der Waals surface area contributed by atoms with Gasteiger partial charge in [0.1, 0.15) is 5.60 Å². The second kappa shape index (κ2) is 13.6. The highest BCUT2D eigenvalue weighted by Gasteiger charge is 2.77. The average Bonchev–Trinajstić information content (AvgIpc) is 3.59. The Balaban J connectivity index is 1.52. The molecule has 2 fully saturated rings. The van der Waals surface area contributed by atoms with E-state index in [-0.39, 0.29) is 22.4 Å². The van der Waals surface area contributed by atoms with Crippen LogP contribution >= 0.6 is 0 Å². The molecule has 230 valence electrons. The molecule has 43 heavy (non-hydrogen) atoms. The summed E-state index contributed by atoms with van der Waals surface area (Å²) >= 11 is 0. The fraction of sp³-hybridized carbons (Fsp3) is 0.450. The second-order valence-electron chi connectivity index (χ2n) is 13.9. The van der Waals surface area contributed by atoms with Crippen LogP contribution in [0.3, 0.4) is 0 Å². The van der Waals surface area contributed by atoms with Gasteiger partial charge in [-0.05, 0) is 77.0 Å². The van der Waals surface area contributed by atoms with E-state index in [1.807, 2.05) is 26.0 Å². The Morgan fingerprint density at radius 2 is 1.19 bits per heavy atom. The van der Waals surface area contributed by atoms with Crippen LogP contribution in [0.25, 0.3) is 0 Å². The summed E-state index contributed by atoms with van der Waals surface area (Å²) in [5, 5.41) is 0. The van der Waals surface area contributed by atoms with Gasteiger partial charge in [0.25, 0.3) is 0 Å². The lowest BCUT2D eigenvalue weighted by molar-refractivity contribution is -0.125. The summed E-state index contributed by atoms with van der Waals surface area (Å²) in [5.74, 6) is 0.487. The van der Waals surface area contributed by atoms with E-state index < -0.39 is 11.2 Å². The van der Waals surface area contributed by atoms with Gasteiger partial charge < -0.3 is 4.74 Å². The van der Waals surface area contributed by atoms with Crippen molar-refractivity contribution >= 4 is 11.6 Å². The summed E-state index contributed by atoms with van der Waals surface area (Å²) < 4.78 is 6.10. The van der Waals surface area contributed by atoms with Crippen LogP contribution in [0, 0.1) is 10.8 Å². The van der Waals surface area contributed by atoms with E-state index >= 15 is 0 Å². The minimum atomic E-state index is -0.671. The van der Waals surface area contributed by atoms with E-state index in [1.54, 1.807) is 0 Å². The van der Waals surface area contributed by atoms with Crippen molar-refractivity contribution in [3.63, 3.8) is 0 Å². The Kier molecular flexibility index (Phi) is 10.8. The van der Waals surface area contributed by atoms with Crippen LogP contribution in [0.1, 0.15) is 94.9 Å². The highest BCUT2D eigenvalue weighted by Crippen LogP contribution is 2.64. The Hall–Kier alpha value is -3.30. The molecule has 1 saturated heterocycles. The van der Waals surface area contributed by atoms with Crippen molar-refractivity contribution < 1.29 is 14.3 Å². The van der Waals surface area contributed by atoms with Crippen LogP contribution < -0.4 is 0 Å². The number of carbonyl (C=O) groups excluding carboxylic acids is 2. The molecule has 1 aliphatic heterocycles. The van der Waals surface area contributed by atoms with Gasteiger partial charge in [-0.3, -0.25) is 9.59 Å². The van der Waals surface area contributed by atoms with Gasteiger partial charge in [-0.25, -0.2) is 0 Å². The first-order chi connectivity index (χ1) is 20.0. The fourth-order valence-electron chi connectivity index (χ4n) is 6.17. The van der Waals surface area contributed by atoms with Gasteiger partial charge in [-0.2, -0.15) is 0 Å². The summed E-state index contributed by atoms with van der Waals surface area (Å²) in [6.45, 7) is 21.0. The Morgan fingerprint density at radius 3 is 1.77 bits per heavy atom. The molecule has 3 nitrogen and oxygen atoms in total. The van der Waals surface area contributed by atoms with E-state index in [1.165, 1.54) is 0 Å². The molecular weight excluding hydrogens is 528 g/mol. The molecule has 3 rings (SSSR count). The molecule has 0 spiro atoms. The normalized spacial score (nSPS) is 28.9. The predicted octanol–water partition coefficient (Wildman–Crippen LogP) is 10.2. The van der Waals surface area contributed by atoms with E-state index in [9.17, 15) is 9.59 Å². The monoisotopic (exact) mass is 580 g/mol. The number of hydrogen-bond donors (Lipinski definition) is 0. The highest BCUT2D eigenvalue weighted by molar-refractivity contribution is 5.97. The summed E-state index contributed by atoms with van der Waals surface area (Å²) in [6, 6.07) is 0. The zero-order chi connectivity index (χ0) is 32.1. The molecule has 0 radical (unpaired) electrons. The average molecular weight is 581 g/mol. The Bertz CT molecular complexity index is 1420. The van der Waals surface area contributed by atoms with Crippen molar-refractivity contribution in [3.05, 3.63) is 119 Å². The van der Waals surface area contributed by atoms with E-state index in [4.69, 9.17) is 4.74 Å². The quantitative estimate of drug-likeness (QED) is 0.191. The second-order valence-corrected chi connectivity index (χ2v) is 13.9. The number of ether oxygens (including phenoxy) is 1. The summed E-state index contributed by atoms with van der Waals surface area (Å²) in [4.78, 5) is 24.6. The molecule has 0 amide bonds. The van der Waals surface area contributed by atoms with Gasteiger partial charge in [0.05, 0.1) is 0 Å². The Labute approximate surface area is 260 Å². The summed E-state index contributed by atoms with van der Waals surface area (Å²) in [5.41, 5.74) is 5.44. The molecule has 1 heterocycles. The molecule has 0 aromatic heterocycles. The minimum Gasteiger partial charge on any atom is -0.349 e. The molecule has 2 unspecified atom stereocenters. The number of Topliss-reactive ketones (excluding diaryl/α,β-unsaturated/α-hetero) is 2. The first-order valence-electron chi connectivity index (χ1n) is 15.6. The fourth-order valence-corrected chi connectivity index (χ4v) is 6.17. The molecule has 2 atom stereocenters. The highest BCUT2D eigenvalue weighted by atomic mass is 16.6. The SMILES string of the molecule is CC1=C(/C=C/C(C)=C/C=C/C(C)=C/C=C/C=C(C)/C=C/C=C(C)/C=C/C23OC2(C)C(=O)CCC3(C)C)C(C)(C)CCC1=O. The first-order valence-corrected chi connectivity index (χ1v) is 15.6. The van der Waals surface area contributed by atoms with Crippen LogP contribution in [-0.4, -0.2) is 22.8 Å². The predicted molar refractivity (Wildman–Crippen MR) is 182 cm³/mol. The first kappa shape index (κ1) is 34.2. The van der Waals surface area contributed by atoms with Crippen LogP contribution in [0.4, 0.5) is 0 Å². The van der Waals surface area contributed by atoms with Crippen molar-refractivity contribution in [3.8, 4) is 0 Å². The number of allylic oxidation sites excluding steroid dienone is 19. The molecule has 3 heteroatoms. The van der Waals surface area contributed by atoms with Crippen LogP contribution in [0.15, 0.2) is 119 Å². The molecule has 0 aromatic rings. The molecule has 0 N–H and O–H groups in total. The van der Waals surface area contributed by atoms with Gasteiger partial charge >= 0.3 is 0 Å². The third-order valence-corrected chi connectivity index (χ3v) is 9.43. The van der Waals surface area contributed by atoms with Crippen molar-refractivity contribution in [2.45, 2.75) is 106 Å². The zero-order valence-electron chi connectivity index (χ0n) is 28.1. The largest absolute Gasteiger partial charge is 0.349 e. The maximum atomic E-state index is 12.4. The van der Waals surface area contributed by atoms with Crippen LogP contribution in [-0.2, 0) is 14.3 Å². The smallest absolute Gasteiger partial charge is 0.167 e. The minimum absolute atomic E-state index is 0.0376. The number of fused-ring (bicyclic) bond motifs is 1. The standard InChI is InChI=1S/C40H52O3/c1-29(17-13-19-31(3)21-22-34-33(5)35(41)24-26-37(34,6)7)15-11-12-16-30(2)18-14-20-32(4)23-28-40-38(8,9)27-25-36(42)39(40,10)43-40/h11-23,28H,24-27H2,1-10H3/b12-11+,17-13+,18-14+,22-21+,28-23+,29-15+,30-16+,31-19+,32-20+. The van der Waals surface area contributed by atoms with Gasteiger partial charge in [0.2, 0.25) is 0 Å². The number of rotatable bonds is 10. The van der Waals surface area contributed by atoms with Crippen molar-refractivity contribution in [2.75, 3.05) is 0 Å². The van der Waals surface area contributed by atoms with Crippen molar-refractivity contribution in [2.24, 2.45) is 10.8 Å². The van der Waals surface area contributed by atoms with Crippen LogP contribution in [0.5, 0.6) is 0 Å². The molecule has 3 aliphatic rings. The van der Waals surface area contributed by atoms with E-state index in [0.717, 1.165) is 46.3 Å². The lowest BCUT2D eigenvalue weighted by Crippen LogP contribution is -2.46. The topological polar surface area (TPSA) is 46.7 Å². The molecular formula is C40H52O3. The molecule has 0 bridgehead atoms. The van der Waals surface area contributed by atoms with Gasteiger partial charge in [-0.15, -0.1) is 0 Å². The molecule has 0 aromatic carbocycles. The number of epoxide rings is 1. The van der Waals surface area contributed by atoms with E-state index in [0.29, 0.717) is 12.8 Å². The van der Waals surface area contributed by atoms with Crippen molar-refractivity contribution in [1.82, 2.24) is 0 Å². The number of ketones is 2. The molecule has 1 saturated carbocycles.